The zero-order valence-corrected chi connectivity index (χ0v) is 9.10. The van der Waals surface area contributed by atoms with Crippen molar-refractivity contribution < 1.29 is 4.74 Å². The molecule has 0 aliphatic heterocycles. The quantitative estimate of drug-likeness (QED) is 0.742. The lowest BCUT2D eigenvalue weighted by Gasteiger charge is -2.02. The molecule has 0 radical (unpaired) electrons. The molecule has 0 fully saturated rings. The van der Waals surface area contributed by atoms with E-state index in [0.29, 0.717) is 6.61 Å². The molecule has 0 saturated heterocycles. The molecule has 0 saturated carbocycles. The van der Waals surface area contributed by atoms with Crippen molar-refractivity contribution in [2.24, 2.45) is 0 Å². The number of nitrogens with one attached hydrogen (secondary N) is 1. The van der Waals surface area contributed by atoms with E-state index in [1.54, 1.807) is 7.11 Å². The van der Waals surface area contributed by atoms with Crippen molar-refractivity contribution in [3.63, 3.8) is 0 Å². The summed E-state index contributed by atoms with van der Waals surface area (Å²) in [7, 11) is 1.66. The Bertz CT molecular complexity index is 318. The first-order valence-corrected chi connectivity index (χ1v) is 5.07. The second-order valence-corrected chi connectivity index (χ2v) is 3.54. The van der Waals surface area contributed by atoms with Gasteiger partial charge in [-0.1, -0.05) is 5.92 Å². The summed E-state index contributed by atoms with van der Waals surface area (Å²) >= 11 is 1.32. The van der Waals surface area contributed by atoms with Crippen LogP contribution in [-0.4, -0.2) is 29.1 Å². The lowest BCUT2D eigenvalue weighted by Crippen LogP contribution is -2.11. The Morgan fingerprint density at radius 2 is 2.50 bits per heavy atom. The van der Waals surface area contributed by atoms with E-state index in [1.807, 2.05) is 6.92 Å². The summed E-state index contributed by atoms with van der Waals surface area (Å²) in [5.74, 6) is 3.36. The Balaban J connectivity index is 2.47. The zero-order valence-electron chi connectivity index (χ0n) is 8.28. The molecule has 0 bridgehead atoms. The van der Waals surface area contributed by atoms with Gasteiger partial charge in [0.2, 0.25) is 5.13 Å². The normalized spacial score (nSPS) is 12.1. The first-order valence-electron chi connectivity index (χ1n) is 4.30. The highest BCUT2D eigenvalue weighted by molar-refractivity contribution is 7.09. The molecule has 0 spiro atoms. The van der Waals surface area contributed by atoms with Gasteiger partial charge in [-0.25, -0.2) is 4.98 Å². The Hall–Kier alpha value is -1.12. The third-order valence-corrected chi connectivity index (χ3v) is 2.27. The minimum Gasteiger partial charge on any atom is -0.384 e. The molecule has 0 aromatic carbocycles. The largest absolute Gasteiger partial charge is 0.384 e. The Labute approximate surface area is 87.9 Å². The van der Waals surface area contributed by atoms with Gasteiger partial charge in [0.05, 0.1) is 12.6 Å². The number of rotatable bonds is 5. The predicted octanol–water partition coefficient (Wildman–Crippen LogP) is 1.16. The zero-order chi connectivity index (χ0) is 10.4. The van der Waals surface area contributed by atoms with Crippen molar-refractivity contribution in [1.29, 1.82) is 0 Å². The van der Waals surface area contributed by atoms with Gasteiger partial charge in [0.15, 0.2) is 0 Å². The third kappa shape index (κ3) is 3.32. The van der Waals surface area contributed by atoms with Crippen LogP contribution < -0.4 is 5.32 Å². The van der Waals surface area contributed by atoms with Crippen molar-refractivity contribution in [1.82, 2.24) is 9.36 Å². The van der Waals surface area contributed by atoms with E-state index in [9.17, 15) is 0 Å². The van der Waals surface area contributed by atoms with Gasteiger partial charge in [-0.2, -0.15) is 4.37 Å². The minimum atomic E-state index is -0.0155. The van der Waals surface area contributed by atoms with Crippen molar-refractivity contribution in [3.8, 4) is 12.3 Å². The third-order valence-electron chi connectivity index (χ3n) is 1.59. The summed E-state index contributed by atoms with van der Waals surface area (Å²) < 4.78 is 9.09. The first-order chi connectivity index (χ1) is 6.76. The number of terminal acetylenes is 1. The molecule has 1 heterocycles. The lowest BCUT2D eigenvalue weighted by atomic mass is 10.4. The van der Waals surface area contributed by atoms with Crippen LogP contribution in [0.4, 0.5) is 5.13 Å². The van der Waals surface area contributed by atoms with Crippen LogP contribution in [0.15, 0.2) is 0 Å². The van der Waals surface area contributed by atoms with E-state index >= 15 is 0 Å². The summed E-state index contributed by atoms with van der Waals surface area (Å²) in [4.78, 5) is 4.26. The maximum Gasteiger partial charge on any atom is 0.203 e. The molecule has 1 N–H and O–H groups in total. The Morgan fingerprint density at radius 1 is 1.71 bits per heavy atom. The maximum atomic E-state index is 5.23. The average Bonchev–Trinajstić information content (AvgIpc) is 2.62. The maximum absolute atomic E-state index is 5.23. The fourth-order valence-corrected chi connectivity index (χ4v) is 1.53. The monoisotopic (exact) mass is 211 g/mol. The van der Waals surface area contributed by atoms with Gasteiger partial charge < -0.3 is 10.1 Å². The molecule has 1 rings (SSSR count). The van der Waals surface area contributed by atoms with Gasteiger partial charge in [-0.05, 0) is 6.92 Å². The van der Waals surface area contributed by atoms with Crippen molar-refractivity contribution in [2.45, 2.75) is 19.4 Å². The first kappa shape index (κ1) is 11.0. The minimum absolute atomic E-state index is 0.0155. The van der Waals surface area contributed by atoms with Crippen LogP contribution in [0.5, 0.6) is 0 Å². The van der Waals surface area contributed by atoms with Crippen LogP contribution in [0.3, 0.4) is 0 Å². The summed E-state index contributed by atoms with van der Waals surface area (Å²) in [5, 5.41) is 3.82. The number of aromatic nitrogens is 2. The predicted molar refractivity (Wildman–Crippen MR) is 57.4 cm³/mol. The molecular weight excluding hydrogens is 198 g/mol. The second kappa shape index (κ2) is 5.58. The number of hydrogen-bond acceptors (Lipinski definition) is 5. The SMILES string of the molecule is C#CC(C)Nc1nc(CCOC)ns1. The van der Waals surface area contributed by atoms with E-state index < -0.39 is 0 Å². The molecule has 4 nitrogen and oxygen atoms in total. The number of nitrogens with zero attached hydrogens (tertiary/aromatic N) is 2. The fraction of sp³-hybridized carbons (Fsp3) is 0.556. The molecule has 1 unspecified atom stereocenters. The average molecular weight is 211 g/mol. The molecule has 1 atom stereocenters. The van der Waals surface area contributed by atoms with Crippen molar-refractivity contribution >= 4 is 16.7 Å². The van der Waals surface area contributed by atoms with E-state index in [4.69, 9.17) is 11.2 Å². The van der Waals surface area contributed by atoms with Crippen molar-refractivity contribution in [3.05, 3.63) is 5.82 Å². The summed E-state index contributed by atoms with van der Waals surface area (Å²) in [6, 6.07) is -0.0155. The van der Waals surface area contributed by atoms with Crippen LogP contribution in [0, 0.1) is 12.3 Å². The number of anilines is 1. The van der Waals surface area contributed by atoms with Gasteiger partial charge in [0, 0.05) is 25.1 Å². The molecule has 0 aliphatic rings. The standard InChI is InChI=1S/C9H13N3OS/c1-4-7(2)10-9-11-8(12-14-9)5-6-13-3/h1,7H,5-6H2,2-3H3,(H,10,11,12). The molecule has 0 amide bonds. The van der Waals surface area contributed by atoms with E-state index in [-0.39, 0.29) is 6.04 Å². The fourth-order valence-electron chi connectivity index (χ4n) is 0.834. The van der Waals surface area contributed by atoms with Crippen LogP contribution >= 0.6 is 11.5 Å². The summed E-state index contributed by atoms with van der Waals surface area (Å²) in [6.45, 7) is 2.54. The van der Waals surface area contributed by atoms with Crippen molar-refractivity contribution in [2.75, 3.05) is 19.0 Å². The van der Waals surface area contributed by atoms with Gasteiger partial charge in [-0.15, -0.1) is 6.42 Å². The highest BCUT2D eigenvalue weighted by Crippen LogP contribution is 2.12. The number of hydrogen-bond donors (Lipinski definition) is 1. The Morgan fingerprint density at radius 3 is 3.14 bits per heavy atom. The van der Waals surface area contributed by atoms with Crippen LogP contribution in [0.25, 0.3) is 0 Å². The molecule has 1 aromatic heterocycles. The number of ether oxygens (including phenoxy) is 1. The highest BCUT2D eigenvalue weighted by atomic mass is 32.1. The lowest BCUT2D eigenvalue weighted by molar-refractivity contribution is 0.201. The summed E-state index contributed by atoms with van der Waals surface area (Å²) in [5.41, 5.74) is 0. The highest BCUT2D eigenvalue weighted by Gasteiger charge is 2.04. The van der Waals surface area contributed by atoms with Gasteiger partial charge in [0.1, 0.15) is 5.82 Å². The molecule has 0 aliphatic carbocycles. The van der Waals surface area contributed by atoms with E-state index in [0.717, 1.165) is 17.4 Å². The van der Waals surface area contributed by atoms with Gasteiger partial charge >= 0.3 is 0 Å². The van der Waals surface area contributed by atoms with Crippen LogP contribution in [0.1, 0.15) is 12.7 Å². The molecule has 76 valence electrons. The molecule has 1 aromatic rings. The summed E-state index contributed by atoms with van der Waals surface area (Å²) in [6.07, 6.45) is 5.97. The molecular formula is C9H13N3OS. The van der Waals surface area contributed by atoms with E-state index in [1.165, 1.54) is 11.5 Å². The topological polar surface area (TPSA) is 47.0 Å². The Kier molecular flexibility index (Phi) is 4.36. The van der Waals surface area contributed by atoms with Gasteiger partial charge in [0.25, 0.3) is 0 Å². The van der Waals surface area contributed by atoms with Crippen LogP contribution in [0.2, 0.25) is 0 Å². The van der Waals surface area contributed by atoms with Gasteiger partial charge in [-0.3, -0.25) is 0 Å². The van der Waals surface area contributed by atoms with Crippen LogP contribution in [-0.2, 0) is 11.2 Å². The van der Waals surface area contributed by atoms with E-state index in [2.05, 4.69) is 20.6 Å². The number of methoxy groups -OCH3 is 1. The molecule has 5 heteroatoms. The molecule has 14 heavy (non-hydrogen) atoms. The smallest absolute Gasteiger partial charge is 0.203 e. The second-order valence-electron chi connectivity index (χ2n) is 2.79.